The van der Waals surface area contributed by atoms with Crippen LogP contribution in [0.3, 0.4) is 0 Å². The Labute approximate surface area is 194 Å². The molecule has 7 heteroatoms. The minimum atomic E-state index is -0.343. The number of likely N-dealkylation sites (N-methyl/N-ethyl adjacent to an activating group) is 1. The Hall–Kier alpha value is -3.16. The maximum atomic E-state index is 12.8. The first kappa shape index (κ1) is 23.0. The summed E-state index contributed by atoms with van der Waals surface area (Å²) in [7, 11) is 1.83. The third-order valence-electron chi connectivity index (χ3n) is 6.09. The molecule has 2 heterocycles. The van der Waals surface area contributed by atoms with Crippen molar-refractivity contribution in [3.8, 4) is 5.75 Å². The van der Waals surface area contributed by atoms with Crippen molar-refractivity contribution in [1.29, 1.82) is 0 Å². The number of amides is 1. The van der Waals surface area contributed by atoms with Crippen LogP contribution in [0.2, 0.25) is 0 Å². The lowest BCUT2D eigenvalue weighted by molar-refractivity contribution is -0.119. The predicted molar refractivity (Wildman–Crippen MR) is 130 cm³/mol. The van der Waals surface area contributed by atoms with E-state index in [0.29, 0.717) is 25.3 Å². The molecule has 0 bridgehead atoms. The fraction of sp³-hybridized carbons (Fsp3) is 0.385. The van der Waals surface area contributed by atoms with Crippen LogP contribution in [0.1, 0.15) is 18.1 Å². The zero-order valence-corrected chi connectivity index (χ0v) is 19.5. The van der Waals surface area contributed by atoms with E-state index in [2.05, 4.69) is 9.80 Å². The summed E-state index contributed by atoms with van der Waals surface area (Å²) < 4.78 is 11.0. The van der Waals surface area contributed by atoms with Gasteiger partial charge in [0.1, 0.15) is 11.3 Å². The molecule has 3 aromatic rings. The average molecular weight is 450 g/mol. The molecule has 174 valence electrons. The SMILES string of the molecule is CCOc1ccc2oc(=O)cc(CN3CCN(CC(=O)N(C)c4cccc(C)c4)CC3)c2c1. The summed E-state index contributed by atoms with van der Waals surface area (Å²) in [4.78, 5) is 31.1. The van der Waals surface area contributed by atoms with E-state index in [4.69, 9.17) is 9.15 Å². The number of carbonyl (C=O) groups excluding carboxylic acids is 1. The number of ether oxygens (including phenoxy) is 1. The lowest BCUT2D eigenvalue weighted by Crippen LogP contribution is -2.49. The Bertz CT molecular complexity index is 1180. The van der Waals surface area contributed by atoms with Gasteiger partial charge in [0.05, 0.1) is 13.2 Å². The third-order valence-corrected chi connectivity index (χ3v) is 6.09. The molecule has 1 aliphatic heterocycles. The summed E-state index contributed by atoms with van der Waals surface area (Å²) in [6, 6.07) is 15.1. The van der Waals surface area contributed by atoms with Crippen LogP contribution < -0.4 is 15.3 Å². The number of benzene rings is 2. The van der Waals surface area contributed by atoms with Crippen molar-refractivity contribution >= 4 is 22.6 Å². The Morgan fingerprint density at radius 2 is 1.82 bits per heavy atom. The quantitative estimate of drug-likeness (QED) is 0.516. The number of anilines is 1. The highest BCUT2D eigenvalue weighted by Crippen LogP contribution is 2.24. The summed E-state index contributed by atoms with van der Waals surface area (Å²) in [6.45, 7) is 8.86. The van der Waals surface area contributed by atoms with E-state index in [0.717, 1.165) is 54.1 Å². The van der Waals surface area contributed by atoms with Crippen LogP contribution >= 0.6 is 0 Å². The highest BCUT2D eigenvalue weighted by atomic mass is 16.5. The van der Waals surface area contributed by atoms with Gasteiger partial charge >= 0.3 is 5.63 Å². The van der Waals surface area contributed by atoms with Crippen LogP contribution in [0.25, 0.3) is 11.0 Å². The maximum Gasteiger partial charge on any atom is 0.336 e. The van der Waals surface area contributed by atoms with E-state index < -0.39 is 0 Å². The fourth-order valence-corrected chi connectivity index (χ4v) is 4.22. The summed E-state index contributed by atoms with van der Waals surface area (Å²) in [5.74, 6) is 0.852. The van der Waals surface area contributed by atoms with Gasteiger partial charge in [-0.05, 0) is 55.3 Å². The number of hydrogen-bond acceptors (Lipinski definition) is 6. The highest BCUT2D eigenvalue weighted by Gasteiger charge is 2.22. The van der Waals surface area contributed by atoms with Crippen molar-refractivity contribution in [3.05, 3.63) is 70.1 Å². The van der Waals surface area contributed by atoms with Crippen LogP contribution in [-0.4, -0.2) is 62.1 Å². The topological polar surface area (TPSA) is 66.2 Å². The monoisotopic (exact) mass is 449 g/mol. The Morgan fingerprint density at radius 3 is 2.55 bits per heavy atom. The molecule has 1 aliphatic rings. The van der Waals surface area contributed by atoms with Gasteiger partial charge in [0.15, 0.2) is 0 Å². The molecular weight excluding hydrogens is 418 g/mol. The number of hydrogen-bond donors (Lipinski definition) is 0. The molecule has 0 radical (unpaired) electrons. The standard InChI is InChI=1S/C26H31N3O4/c1-4-32-22-8-9-24-23(16-22)20(15-26(31)33-24)17-28-10-12-29(13-11-28)18-25(30)27(3)21-7-5-6-19(2)14-21/h5-9,14-16H,4,10-13,17-18H2,1-3H3. The van der Waals surface area contributed by atoms with Crippen LogP contribution in [-0.2, 0) is 11.3 Å². The molecule has 1 saturated heterocycles. The molecule has 7 nitrogen and oxygen atoms in total. The number of aryl methyl sites for hydroxylation is 1. The Kier molecular flexibility index (Phi) is 7.11. The minimum Gasteiger partial charge on any atom is -0.494 e. The first-order valence-corrected chi connectivity index (χ1v) is 11.4. The van der Waals surface area contributed by atoms with E-state index >= 15 is 0 Å². The molecule has 0 N–H and O–H groups in total. The summed E-state index contributed by atoms with van der Waals surface area (Å²) >= 11 is 0. The number of fused-ring (bicyclic) bond motifs is 1. The second kappa shape index (κ2) is 10.2. The van der Waals surface area contributed by atoms with Crippen LogP contribution in [0.4, 0.5) is 5.69 Å². The molecule has 0 spiro atoms. The highest BCUT2D eigenvalue weighted by molar-refractivity contribution is 5.94. The molecule has 1 fully saturated rings. The summed E-state index contributed by atoms with van der Waals surface area (Å²) in [5.41, 5.74) is 3.22. The van der Waals surface area contributed by atoms with Crippen LogP contribution in [0.5, 0.6) is 5.75 Å². The third kappa shape index (κ3) is 5.61. The molecule has 4 rings (SSSR count). The van der Waals surface area contributed by atoms with Crippen molar-refractivity contribution in [3.63, 3.8) is 0 Å². The molecule has 33 heavy (non-hydrogen) atoms. The maximum absolute atomic E-state index is 12.8. The molecule has 2 aromatic carbocycles. The lowest BCUT2D eigenvalue weighted by Gasteiger charge is -2.35. The van der Waals surface area contributed by atoms with Crippen molar-refractivity contribution in [2.24, 2.45) is 0 Å². The zero-order chi connectivity index (χ0) is 23.4. The van der Waals surface area contributed by atoms with Gasteiger partial charge in [-0.25, -0.2) is 4.79 Å². The van der Waals surface area contributed by atoms with Crippen molar-refractivity contribution in [1.82, 2.24) is 9.80 Å². The van der Waals surface area contributed by atoms with Crippen molar-refractivity contribution in [2.75, 3.05) is 51.3 Å². The van der Waals surface area contributed by atoms with Crippen molar-refractivity contribution < 1.29 is 13.9 Å². The van der Waals surface area contributed by atoms with Crippen molar-refractivity contribution in [2.45, 2.75) is 20.4 Å². The Morgan fingerprint density at radius 1 is 1.06 bits per heavy atom. The van der Waals surface area contributed by atoms with Gasteiger partial charge in [-0.15, -0.1) is 0 Å². The molecule has 0 aliphatic carbocycles. The first-order chi connectivity index (χ1) is 15.9. The van der Waals surface area contributed by atoms with Gasteiger partial charge in [-0.1, -0.05) is 12.1 Å². The van der Waals surface area contributed by atoms with Crippen LogP contribution in [0, 0.1) is 6.92 Å². The number of rotatable bonds is 7. The van der Waals surface area contributed by atoms with E-state index in [1.807, 2.05) is 57.3 Å². The van der Waals surface area contributed by atoms with E-state index in [9.17, 15) is 9.59 Å². The first-order valence-electron chi connectivity index (χ1n) is 11.4. The van der Waals surface area contributed by atoms with E-state index in [1.54, 1.807) is 17.0 Å². The average Bonchev–Trinajstić information content (AvgIpc) is 2.80. The van der Waals surface area contributed by atoms with Gasteiger partial charge < -0.3 is 14.1 Å². The van der Waals surface area contributed by atoms with E-state index in [1.165, 1.54) is 0 Å². The number of nitrogens with zero attached hydrogens (tertiary/aromatic N) is 3. The normalized spacial score (nSPS) is 15.0. The predicted octanol–water partition coefficient (Wildman–Crippen LogP) is 3.28. The van der Waals surface area contributed by atoms with E-state index in [-0.39, 0.29) is 11.5 Å². The molecule has 0 atom stereocenters. The molecule has 0 saturated carbocycles. The van der Waals surface area contributed by atoms with Crippen LogP contribution in [0.15, 0.2) is 57.7 Å². The van der Waals surface area contributed by atoms with Gasteiger partial charge in [-0.2, -0.15) is 0 Å². The van der Waals surface area contributed by atoms with Gasteiger partial charge in [0.2, 0.25) is 5.91 Å². The summed E-state index contributed by atoms with van der Waals surface area (Å²) in [6.07, 6.45) is 0. The second-order valence-corrected chi connectivity index (χ2v) is 8.53. The molecular formula is C26H31N3O4. The number of carbonyl (C=O) groups is 1. The second-order valence-electron chi connectivity index (χ2n) is 8.53. The smallest absolute Gasteiger partial charge is 0.336 e. The molecule has 1 amide bonds. The Balaban J connectivity index is 1.37. The molecule has 1 aromatic heterocycles. The fourth-order valence-electron chi connectivity index (χ4n) is 4.22. The van der Waals surface area contributed by atoms with Gasteiger partial charge in [0, 0.05) is 56.9 Å². The zero-order valence-electron chi connectivity index (χ0n) is 19.5. The minimum absolute atomic E-state index is 0.0872. The lowest BCUT2D eigenvalue weighted by atomic mass is 10.1. The summed E-state index contributed by atoms with van der Waals surface area (Å²) in [5, 5.41) is 0.901. The molecule has 0 unspecified atom stereocenters. The number of piperazine rings is 1. The van der Waals surface area contributed by atoms with Gasteiger partial charge in [0.25, 0.3) is 0 Å². The van der Waals surface area contributed by atoms with Gasteiger partial charge in [-0.3, -0.25) is 14.6 Å². The largest absolute Gasteiger partial charge is 0.494 e.